The molecule has 0 aliphatic carbocycles. The van der Waals surface area contributed by atoms with Crippen molar-refractivity contribution in [1.82, 2.24) is 0 Å². The Morgan fingerprint density at radius 2 is 1.50 bits per heavy atom. The van der Waals surface area contributed by atoms with Crippen LogP contribution in [0.15, 0.2) is 41.4 Å². The molecule has 22 heavy (non-hydrogen) atoms. The highest BCUT2D eigenvalue weighted by atomic mass is 16.7. The minimum Gasteiger partial charge on any atom is -0.400 e. The first-order valence-electron chi connectivity index (χ1n) is 8.23. The van der Waals surface area contributed by atoms with Gasteiger partial charge >= 0.3 is 7.12 Å². The number of allylic oxidation sites excluding steroid dienone is 2. The van der Waals surface area contributed by atoms with Gasteiger partial charge in [0.15, 0.2) is 0 Å². The molecule has 1 saturated heterocycles. The molecule has 0 unspecified atom stereocenters. The zero-order valence-corrected chi connectivity index (χ0v) is 15.1. The zero-order chi connectivity index (χ0) is 16.5. The Labute approximate surface area is 136 Å². The smallest absolute Gasteiger partial charge is 0.400 e. The van der Waals surface area contributed by atoms with E-state index in [2.05, 4.69) is 78.8 Å². The molecule has 1 fully saturated rings. The molecule has 1 aromatic rings. The van der Waals surface area contributed by atoms with Gasteiger partial charge in [-0.1, -0.05) is 49.8 Å². The lowest BCUT2D eigenvalue weighted by Gasteiger charge is -2.32. The molecule has 0 spiro atoms. The molecular weight excluding hydrogens is 271 g/mol. The summed E-state index contributed by atoms with van der Waals surface area (Å²) in [6, 6.07) is 10.6. The van der Waals surface area contributed by atoms with Crippen LogP contribution in [0, 0.1) is 5.92 Å². The summed E-state index contributed by atoms with van der Waals surface area (Å²) in [4.78, 5) is 0. The topological polar surface area (TPSA) is 18.5 Å². The lowest BCUT2D eigenvalue weighted by Crippen LogP contribution is -2.41. The van der Waals surface area contributed by atoms with Crippen LogP contribution in [0.1, 0.15) is 54.0 Å². The fourth-order valence-electron chi connectivity index (χ4n) is 2.58. The third-order valence-electron chi connectivity index (χ3n) is 5.15. The molecule has 0 saturated carbocycles. The lowest BCUT2D eigenvalue weighted by molar-refractivity contribution is 0.00578. The summed E-state index contributed by atoms with van der Waals surface area (Å²) >= 11 is 0. The SMILES string of the molecule is C/C(=C(\Cc1ccccc1)B1OC(C)(C)C(C)(C)O1)C(C)C. The van der Waals surface area contributed by atoms with E-state index in [-0.39, 0.29) is 18.3 Å². The molecule has 1 aromatic carbocycles. The van der Waals surface area contributed by atoms with Gasteiger partial charge in [-0.05, 0) is 58.0 Å². The first-order valence-corrected chi connectivity index (χ1v) is 8.23. The van der Waals surface area contributed by atoms with E-state index in [4.69, 9.17) is 9.31 Å². The van der Waals surface area contributed by atoms with E-state index < -0.39 is 0 Å². The Balaban J connectivity index is 2.34. The molecule has 0 amide bonds. The highest BCUT2D eigenvalue weighted by Gasteiger charge is 2.52. The Morgan fingerprint density at radius 3 is 1.95 bits per heavy atom. The minimum atomic E-state index is -0.295. The predicted octanol–water partition coefficient (Wildman–Crippen LogP) is 4.83. The van der Waals surface area contributed by atoms with E-state index >= 15 is 0 Å². The van der Waals surface area contributed by atoms with Crippen LogP contribution >= 0.6 is 0 Å². The third kappa shape index (κ3) is 3.47. The summed E-state index contributed by atoms with van der Waals surface area (Å²) < 4.78 is 12.6. The number of hydrogen-bond donors (Lipinski definition) is 0. The van der Waals surface area contributed by atoms with Crippen LogP contribution in [0.2, 0.25) is 0 Å². The van der Waals surface area contributed by atoms with Crippen molar-refractivity contribution in [2.75, 3.05) is 0 Å². The van der Waals surface area contributed by atoms with Gasteiger partial charge in [0.1, 0.15) is 0 Å². The molecule has 3 heteroatoms. The molecule has 1 aliphatic rings. The fourth-order valence-corrected chi connectivity index (χ4v) is 2.58. The van der Waals surface area contributed by atoms with Crippen LogP contribution in [0.4, 0.5) is 0 Å². The molecular formula is C19H29BO2. The van der Waals surface area contributed by atoms with Crippen LogP contribution in [0.3, 0.4) is 0 Å². The fraction of sp³-hybridized carbons (Fsp3) is 0.579. The number of benzene rings is 1. The molecule has 2 nitrogen and oxygen atoms in total. The van der Waals surface area contributed by atoms with Crippen LogP contribution in [-0.4, -0.2) is 18.3 Å². The lowest BCUT2D eigenvalue weighted by atomic mass is 9.70. The van der Waals surface area contributed by atoms with Crippen LogP contribution < -0.4 is 0 Å². The van der Waals surface area contributed by atoms with E-state index in [0.29, 0.717) is 5.92 Å². The maximum atomic E-state index is 6.29. The highest BCUT2D eigenvalue weighted by Crippen LogP contribution is 2.40. The van der Waals surface area contributed by atoms with Crippen molar-refractivity contribution in [2.45, 2.75) is 66.1 Å². The van der Waals surface area contributed by atoms with Gasteiger partial charge in [-0.3, -0.25) is 0 Å². The van der Waals surface area contributed by atoms with Crippen LogP contribution in [0.5, 0.6) is 0 Å². The van der Waals surface area contributed by atoms with Gasteiger partial charge < -0.3 is 9.31 Å². The largest absolute Gasteiger partial charge is 0.490 e. The van der Waals surface area contributed by atoms with E-state index in [1.165, 1.54) is 16.6 Å². The molecule has 0 aromatic heterocycles. The summed E-state index contributed by atoms with van der Waals surface area (Å²) in [5.41, 5.74) is 3.34. The highest BCUT2D eigenvalue weighted by molar-refractivity contribution is 6.55. The van der Waals surface area contributed by atoms with Crippen LogP contribution in [0.25, 0.3) is 0 Å². The third-order valence-corrected chi connectivity index (χ3v) is 5.15. The maximum Gasteiger partial charge on any atom is 0.490 e. The second-order valence-electron chi connectivity index (χ2n) is 7.61. The molecule has 0 radical (unpaired) electrons. The van der Waals surface area contributed by atoms with E-state index in [1.54, 1.807) is 0 Å². The summed E-state index contributed by atoms with van der Waals surface area (Å²) in [6.07, 6.45) is 0.877. The Morgan fingerprint density at radius 1 is 1.00 bits per heavy atom. The van der Waals surface area contributed by atoms with Gasteiger partial charge in [-0.25, -0.2) is 0 Å². The average Bonchev–Trinajstić information content (AvgIpc) is 2.65. The average molecular weight is 300 g/mol. The van der Waals surface area contributed by atoms with Crippen LogP contribution in [-0.2, 0) is 15.7 Å². The van der Waals surface area contributed by atoms with Gasteiger partial charge in [-0.15, -0.1) is 0 Å². The second kappa shape index (κ2) is 6.21. The summed E-state index contributed by atoms with van der Waals surface area (Å²) in [5.74, 6) is 0.484. The standard InChI is InChI=1S/C19H29BO2/c1-14(2)15(3)17(13-16-11-9-8-10-12-16)20-21-18(4,5)19(6,7)22-20/h8-12,14H,13H2,1-7H3/b17-15-. The molecule has 1 aliphatic heterocycles. The van der Waals surface area contributed by atoms with Crippen molar-refractivity contribution in [3.05, 3.63) is 46.9 Å². The van der Waals surface area contributed by atoms with E-state index in [9.17, 15) is 0 Å². The molecule has 2 rings (SSSR count). The molecule has 0 atom stereocenters. The molecule has 120 valence electrons. The first-order chi connectivity index (χ1) is 10.1. The van der Waals surface area contributed by atoms with Gasteiger partial charge in [0.2, 0.25) is 0 Å². The number of hydrogen-bond acceptors (Lipinski definition) is 2. The Kier molecular flexibility index (Phi) is 4.89. The normalized spacial score (nSPS) is 21.2. The first kappa shape index (κ1) is 17.3. The molecule has 1 heterocycles. The monoisotopic (exact) mass is 300 g/mol. The Bertz CT molecular complexity index is 528. The van der Waals surface area contributed by atoms with Gasteiger partial charge in [-0.2, -0.15) is 0 Å². The van der Waals surface area contributed by atoms with Crippen molar-refractivity contribution in [3.63, 3.8) is 0 Å². The van der Waals surface area contributed by atoms with Crippen molar-refractivity contribution < 1.29 is 9.31 Å². The van der Waals surface area contributed by atoms with Crippen molar-refractivity contribution in [2.24, 2.45) is 5.92 Å². The maximum absolute atomic E-state index is 6.29. The van der Waals surface area contributed by atoms with Crippen molar-refractivity contribution in [3.8, 4) is 0 Å². The van der Waals surface area contributed by atoms with Gasteiger partial charge in [0.05, 0.1) is 11.2 Å². The van der Waals surface area contributed by atoms with E-state index in [0.717, 1.165) is 6.42 Å². The second-order valence-corrected chi connectivity index (χ2v) is 7.61. The Hall–Kier alpha value is -1.06. The summed E-state index contributed by atoms with van der Waals surface area (Å²) in [5, 5.41) is 0. The summed E-state index contributed by atoms with van der Waals surface area (Å²) in [6.45, 7) is 15.1. The van der Waals surface area contributed by atoms with Gasteiger partial charge in [0, 0.05) is 0 Å². The van der Waals surface area contributed by atoms with Gasteiger partial charge in [0.25, 0.3) is 0 Å². The molecule has 0 bridgehead atoms. The minimum absolute atomic E-state index is 0.257. The molecule has 0 N–H and O–H groups in total. The van der Waals surface area contributed by atoms with Crippen molar-refractivity contribution >= 4 is 7.12 Å². The summed E-state index contributed by atoms with van der Waals surface area (Å²) in [7, 11) is -0.257. The predicted molar refractivity (Wildman–Crippen MR) is 93.8 cm³/mol. The number of rotatable bonds is 4. The van der Waals surface area contributed by atoms with Crippen molar-refractivity contribution in [1.29, 1.82) is 0 Å². The quantitative estimate of drug-likeness (QED) is 0.741. The van der Waals surface area contributed by atoms with E-state index in [1.807, 2.05) is 0 Å². The zero-order valence-electron chi connectivity index (χ0n) is 15.1.